The topological polar surface area (TPSA) is 47.9 Å². The van der Waals surface area contributed by atoms with Crippen molar-refractivity contribution < 1.29 is 14.3 Å². The predicted octanol–water partition coefficient (Wildman–Crippen LogP) is 7.69. The summed E-state index contributed by atoms with van der Waals surface area (Å²) in [5.41, 5.74) is -0.289. The molecule has 1 aliphatic carbocycles. The molecule has 0 saturated heterocycles. The van der Waals surface area contributed by atoms with E-state index in [1.807, 2.05) is 45.9 Å². The molecule has 0 fully saturated rings. The molecule has 188 valence electrons. The lowest BCUT2D eigenvalue weighted by atomic mass is 9.36. The van der Waals surface area contributed by atoms with Crippen molar-refractivity contribution in [1.29, 1.82) is 0 Å². The molecule has 1 aliphatic heterocycles. The number of benzene rings is 1. The summed E-state index contributed by atoms with van der Waals surface area (Å²) in [6, 6.07) is 9.72. The van der Waals surface area contributed by atoms with Gasteiger partial charge in [0, 0.05) is 12.3 Å². The molecular weight excluding hydrogens is 422 g/mol. The Morgan fingerprint density at radius 2 is 1.35 bits per heavy atom. The molecule has 2 aliphatic rings. The Hall–Kier alpha value is -2.10. The third-order valence-electron chi connectivity index (χ3n) is 6.97. The fourth-order valence-corrected chi connectivity index (χ4v) is 6.34. The maximum Gasteiger partial charge on any atom is 0.323 e. The zero-order chi connectivity index (χ0) is 26.1. The van der Waals surface area contributed by atoms with Gasteiger partial charge in [0.15, 0.2) is 16.9 Å². The zero-order valence-electron chi connectivity index (χ0n) is 23.6. The van der Waals surface area contributed by atoms with Crippen molar-refractivity contribution in [3.05, 3.63) is 47.0 Å². The van der Waals surface area contributed by atoms with E-state index in [0.717, 1.165) is 11.1 Å². The van der Waals surface area contributed by atoms with Crippen LogP contribution in [0.5, 0.6) is 0 Å². The molecule has 0 spiro atoms. The first-order valence-electron chi connectivity index (χ1n) is 12.5. The molecule has 4 nitrogen and oxygen atoms in total. The van der Waals surface area contributed by atoms with Crippen LogP contribution in [0.4, 0.5) is 0 Å². The van der Waals surface area contributed by atoms with Crippen molar-refractivity contribution >= 4 is 11.9 Å². The van der Waals surface area contributed by atoms with Gasteiger partial charge in [-0.1, -0.05) is 92.6 Å². The Morgan fingerprint density at radius 1 is 0.853 bits per heavy atom. The van der Waals surface area contributed by atoms with Gasteiger partial charge in [-0.2, -0.15) is 0 Å². The average Bonchev–Trinajstić information content (AvgIpc) is 2.59. The number of carbonyl (C=O) groups excluding carboxylic acids is 1. The molecule has 0 aromatic heterocycles. The van der Waals surface area contributed by atoms with E-state index in [-0.39, 0.29) is 16.8 Å². The highest BCUT2D eigenvalue weighted by atomic mass is 16.6. The summed E-state index contributed by atoms with van der Waals surface area (Å²) in [6.07, 6.45) is 0. The molecule has 1 heterocycles. The minimum Gasteiger partial charge on any atom is -0.468 e. The van der Waals surface area contributed by atoms with E-state index in [1.165, 1.54) is 5.57 Å². The lowest BCUT2D eigenvalue weighted by Gasteiger charge is -2.71. The van der Waals surface area contributed by atoms with Crippen LogP contribution >= 0.6 is 0 Å². The van der Waals surface area contributed by atoms with E-state index in [2.05, 4.69) is 74.4 Å². The Kier molecular flexibility index (Phi) is 6.00. The van der Waals surface area contributed by atoms with Crippen LogP contribution in [-0.2, 0) is 14.3 Å². The van der Waals surface area contributed by atoms with Crippen LogP contribution in [0.15, 0.2) is 46.5 Å². The summed E-state index contributed by atoms with van der Waals surface area (Å²) in [5, 5.41) is 0. The molecule has 0 N–H and O–H groups in total. The maximum atomic E-state index is 14.7. The molecule has 3 rings (SSSR count). The smallest absolute Gasteiger partial charge is 0.323 e. The lowest BCUT2D eigenvalue weighted by molar-refractivity contribution is -0.212. The maximum absolute atomic E-state index is 14.7. The van der Waals surface area contributed by atoms with Crippen molar-refractivity contribution in [2.24, 2.45) is 26.7 Å². The van der Waals surface area contributed by atoms with Crippen molar-refractivity contribution in [2.75, 3.05) is 0 Å². The Labute approximate surface area is 207 Å². The number of esters is 1. The molecule has 0 saturated carbocycles. The highest BCUT2D eigenvalue weighted by molar-refractivity contribution is 5.93. The summed E-state index contributed by atoms with van der Waals surface area (Å²) < 4.78 is 13.2. The lowest BCUT2D eigenvalue weighted by Crippen LogP contribution is -2.77. The van der Waals surface area contributed by atoms with E-state index >= 15 is 0 Å². The molecule has 0 bridgehead atoms. The largest absolute Gasteiger partial charge is 0.468 e. The van der Waals surface area contributed by atoms with Gasteiger partial charge in [-0.25, -0.2) is 4.99 Å². The number of fused-ring (bicyclic) bond motifs is 1. The third-order valence-corrected chi connectivity index (χ3v) is 6.97. The molecule has 1 aromatic rings. The first-order chi connectivity index (χ1) is 15.2. The van der Waals surface area contributed by atoms with Crippen LogP contribution in [0.2, 0.25) is 0 Å². The van der Waals surface area contributed by atoms with Gasteiger partial charge >= 0.3 is 5.97 Å². The van der Waals surface area contributed by atoms with Crippen LogP contribution in [0, 0.1) is 21.7 Å². The molecule has 1 aromatic carbocycles. The van der Waals surface area contributed by atoms with Crippen LogP contribution < -0.4 is 0 Å². The summed E-state index contributed by atoms with van der Waals surface area (Å²) in [6.45, 7) is 27.5. The molecule has 0 radical (unpaired) electrons. The summed E-state index contributed by atoms with van der Waals surface area (Å²) in [7, 11) is 0. The van der Waals surface area contributed by atoms with Crippen LogP contribution in [-0.4, -0.2) is 23.1 Å². The second-order valence-corrected chi connectivity index (χ2v) is 14.1. The number of rotatable bonds is 2. The van der Waals surface area contributed by atoms with Gasteiger partial charge in [0.25, 0.3) is 0 Å². The molecular formula is C30H45NO3. The van der Waals surface area contributed by atoms with Gasteiger partial charge in [-0.05, 0) is 48.3 Å². The van der Waals surface area contributed by atoms with Gasteiger partial charge < -0.3 is 9.47 Å². The number of ether oxygens (including phenoxy) is 2. The summed E-state index contributed by atoms with van der Waals surface area (Å²) in [4.78, 5) is 19.7. The summed E-state index contributed by atoms with van der Waals surface area (Å²) >= 11 is 0. The van der Waals surface area contributed by atoms with E-state index in [4.69, 9.17) is 14.5 Å². The van der Waals surface area contributed by atoms with Crippen molar-refractivity contribution in [3.8, 4) is 0 Å². The van der Waals surface area contributed by atoms with E-state index in [0.29, 0.717) is 5.90 Å². The second-order valence-electron chi connectivity index (χ2n) is 14.1. The summed E-state index contributed by atoms with van der Waals surface area (Å²) in [5.74, 6) is 0.357. The van der Waals surface area contributed by atoms with Crippen LogP contribution in [0.25, 0.3) is 0 Å². The monoisotopic (exact) mass is 467 g/mol. The first kappa shape index (κ1) is 26.5. The molecule has 0 amide bonds. The molecule has 3 unspecified atom stereocenters. The van der Waals surface area contributed by atoms with Gasteiger partial charge in [0.2, 0.25) is 0 Å². The number of hydrogen-bond donors (Lipinski definition) is 0. The Balaban J connectivity index is 2.58. The van der Waals surface area contributed by atoms with E-state index in [9.17, 15) is 4.79 Å². The first-order valence-corrected chi connectivity index (χ1v) is 12.5. The van der Waals surface area contributed by atoms with Crippen LogP contribution in [0.1, 0.15) is 102 Å². The number of carbonyl (C=O) groups is 1. The van der Waals surface area contributed by atoms with Crippen molar-refractivity contribution in [3.63, 3.8) is 0 Å². The Bertz CT molecular complexity index is 1020. The normalized spacial score (nSPS) is 27.9. The van der Waals surface area contributed by atoms with E-state index in [1.54, 1.807) is 0 Å². The van der Waals surface area contributed by atoms with Gasteiger partial charge in [-0.15, -0.1) is 0 Å². The highest BCUT2D eigenvalue weighted by Crippen LogP contribution is 2.76. The fraction of sp³-hybridized carbons (Fsp3) is 0.667. The number of aliphatic imine (C=N–C) groups is 1. The van der Waals surface area contributed by atoms with Gasteiger partial charge in [-0.3, -0.25) is 4.79 Å². The minimum absolute atomic E-state index is 0.222. The molecule has 34 heavy (non-hydrogen) atoms. The number of hydrogen-bond acceptors (Lipinski definition) is 4. The predicted molar refractivity (Wildman–Crippen MR) is 140 cm³/mol. The standard InChI is InChI=1S/C30H45NO3/c1-19-31-23(20-17-15-14-16-18-20)29(24(32)34-28(11,12)13)21(25(2,3)4)22(26(5,6)7)30(29,33-19)27(8,9)10/h14-18,23H,1-13H3. The van der Waals surface area contributed by atoms with E-state index < -0.39 is 28.1 Å². The highest BCUT2D eigenvalue weighted by Gasteiger charge is 2.82. The van der Waals surface area contributed by atoms with Crippen molar-refractivity contribution in [2.45, 2.75) is 107 Å². The molecule has 3 atom stereocenters. The molecule has 4 heteroatoms. The van der Waals surface area contributed by atoms with Crippen molar-refractivity contribution in [1.82, 2.24) is 0 Å². The fourth-order valence-electron chi connectivity index (χ4n) is 6.34. The second kappa shape index (κ2) is 7.70. The number of nitrogens with zero attached hydrogens (tertiary/aromatic N) is 1. The average molecular weight is 468 g/mol. The Morgan fingerprint density at radius 3 is 1.76 bits per heavy atom. The zero-order valence-corrected chi connectivity index (χ0v) is 23.6. The quantitative estimate of drug-likeness (QED) is 0.331. The van der Waals surface area contributed by atoms with Gasteiger partial charge in [0.1, 0.15) is 11.6 Å². The minimum atomic E-state index is -1.10. The SMILES string of the molecule is CC1=NC(c2ccccc2)C2(C(=O)OC(C)(C)C)C(C(C)(C)C)=C(C(C)(C)C)C2(C(C)(C)C)O1. The van der Waals surface area contributed by atoms with Gasteiger partial charge in [0.05, 0.1) is 0 Å². The third kappa shape index (κ3) is 3.72. The van der Waals surface area contributed by atoms with Crippen LogP contribution in [0.3, 0.4) is 0 Å².